The van der Waals surface area contributed by atoms with E-state index in [-0.39, 0.29) is 36.7 Å². The lowest BCUT2D eigenvalue weighted by Gasteiger charge is -2.22. The first-order valence-electron chi connectivity index (χ1n) is 9.77. The second-order valence-corrected chi connectivity index (χ2v) is 8.67. The average Bonchev–Trinajstić information content (AvgIpc) is 2.64. The van der Waals surface area contributed by atoms with Crippen LogP contribution in [0.15, 0.2) is 42.5 Å². The third kappa shape index (κ3) is 8.02. The molecular formula is C23H26ClFN2O4. The maximum Gasteiger partial charge on any atom is 0.407 e. The Kier molecular flexibility index (Phi) is 8.16. The molecule has 0 saturated carbocycles. The molecule has 2 aromatic carbocycles. The molecular weight excluding hydrogens is 423 g/mol. The van der Waals surface area contributed by atoms with E-state index in [1.165, 1.54) is 12.1 Å². The number of amides is 2. The summed E-state index contributed by atoms with van der Waals surface area (Å²) in [5.74, 6) is -2.12. The highest BCUT2D eigenvalue weighted by atomic mass is 35.5. The molecule has 6 nitrogen and oxygen atoms in total. The fraction of sp³-hybridized carbons (Fsp3) is 0.348. The van der Waals surface area contributed by atoms with Gasteiger partial charge in [0.25, 0.3) is 5.91 Å². The van der Waals surface area contributed by atoms with E-state index in [0.29, 0.717) is 10.6 Å². The highest BCUT2D eigenvalue weighted by Gasteiger charge is 2.21. The highest BCUT2D eigenvalue weighted by Crippen LogP contribution is 2.23. The average molecular weight is 449 g/mol. The highest BCUT2D eigenvalue weighted by molar-refractivity contribution is 6.30. The van der Waals surface area contributed by atoms with E-state index < -0.39 is 23.4 Å². The van der Waals surface area contributed by atoms with Gasteiger partial charge in [-0.2, -0.15) is 0 Å². The van der Waals surface area contributed by atoms with Crippen molar-refractivity contribution in [3.8, 4) is 0 Å². The van der Waals surface area contributed by atoms with E-state index >= 15 is 0 Å². The molecule has 0 aromatic heterocycles. The molecule has 0 bridgehead atoms. The maximum absolute atomic E-state index is 14.0. The number of Topliss-reactive ketones (excluding diaryl/α,β-unsaturated/α-hetero) is 1. The van der Waals surface area contributed by atoms with Crippen LogP contribution in [0.1, 0.15) is 54.6 Å². The molecule has 0 radical (unpaired) electrons. The molecule has 2 amide bonds. The molecule has 0 heterocycles. The van der Waals surface area contributed by atoms with Gasteiger partial charge in [-0.05, 0) is 56.2 Å². The smallest absolute Gasteiger partial charge is 0.407 e. The van der Waals surface area contributed by atoms with Crippen LogP contribution in [0.5, 0.6) is 0 Å². The minimum absolute atomic E-state index is 0.0213. The van der Waals surface area contributed by atoms with Crippen LogP contribution in [-0.2, 0) is 16.0 Å². The van der Waals surface area contributed by atoms with Gasteiger partial charge in [0.15, 0.2) is 0 Å². The number of halogens is 2. The van der Waals surface area contributed by atoms with Gasteiger partial charge in [0.1, 0.15) is 17.2 Å². The molecule has 1 unspecified atom stereocenters. The topological polar surface area (TPSA) is 98.5 Å². The predicted molar refractivity (Wildman–Crippen MR) is 117 cm³/mol. The van der Waals surface area contributed by atoms with E-state index in [1.54, 1.807) is 45.0 Å². The van der Waals surface area contributed by atoms with Crippen molar-refractivity contribution in [3.05, 3.63) is 70.0 Å². The fourth-order valence-corrected chi connectivity index (χ4v) is 3.13. The zero-order chi connectivity index (χ0) is 23.2. The second kappa shape index (κ2) is 10.4. The van der Waals surface area contributed by atoms with Crippen LogP contribution < -0.4 is 11.1 Å². The Morgan fingerprint density at radius 3 is 2.32 bits per heavy atom. The van der Waals surface area contributed by atoms with Crippen LogP contribution in [0.2, 0.25) is 5.02 Å². The van der Waals surface area contributed by atoms with Crippen molar-refractivity contribution in [1.29, 1.82) is 0 Å². The monoisotopic (exact) mass is 448 g/mol. The van der Waals surface area contributed by atoms with Crippen LogP contribution >= 0.6 is 11.6 Å². The zero-order valence-corrected chi connectivity index (χ0v) is 18.5. The molecule has 2 aromatic rings. The standard InChI is InChI=1S/C23H26ClFN2O4/c1-23(2,3)31-22(30)27-13-16(15-5-7-17(24)8-6-15)12-18(28)10-14-4-9-19(21(26)29)20(25)11-14/h4-9,11,16H,10,12-13H2,1-3H3,(H2,26,29)(H,27,30). The Morgan fingerprint density at radius 1 is 1.13 bits per heavy atom. The molecule has 166 valence electrons. The molecule has 3 N–H and O–H groups in total. The van der Waals surface area contributed by atoms with E-state index in [1.807, 2.05) is 0 Å². The third-order valence-corrected chi connectivity index (χ3v) is 4.66. The molecule has 0 aliphatic heterocycles. The lowest BCUT2D eigenvalue weighted by atomic mass is 9.91. The van der Waals surface area contributed by atoms with Crippen LogP contribution in [-0.4, -0.2) is 29.9 Å². The quantitative estimate of drug-likeness (QED) is 0.625. The van der Waals surface area contributed by atoms with Crippen molar-refractivity contribution in [2.24, 2.45) is 5.73 Å². The normalized spacial score (nSPS) is 12.2. The number of hydrogen-bond donors (Lipinski definition) is 2. The van der Waals surface area contributed by atoms with Gasteiger partial charge < -0.3 is 15.8 Å². The van der Waals surface area contributed by atoms with E-state index in [4.69, 9.17) is 22.1 Å². The number of primary amides is 1. The van der Waals surface area contributed by atoms with Crippen molar-refractivity contribution in [3.63, 3.8) is 0 Å². The van der Waals surface area contributed by atoms with E-state index in [0.717, 1.165) is 11.6 Å². The summed E-state index contributed by atoms with van der Waals surface area (Å²) in [6.07, 6.45) is -0.494. The number of nitrogens with two attached hydrogens (primary N) is 1. The first-order chi connectivity index (χ1) is 14.4. The number of alkyl carbamates (subject to hydrolysis) is 1. The van der Waals surface area contributed by atoms with E-state index in [9.17, 15) is 18.8 Å². The number of carbonyl (C=O) groups excluding carboxylic acids is 3. The Hall–Kier alpha value is -2.93. The Labute approximate surface area is 185 Å². The molecule has 0 fully saturated rings. The first kappa shape index (κ1) is 24.3. The number of ketones is 1. The summed E-state index contributed by atoms with van der Waals surface area (Å²) in [5.41, 5.74) is 5.49. The molecule has 2 rings (SSSR count). The summed E-state index contributed by atoms with van der Waals surface area (Å²) in [7, 11) is 0. The van der Waals surface area contributed by atoms with Gasteiger partial charge in [-0.1, -0.05) is 29.8 Å². The van der Waals surface area contributed by atoms with Crippen molar-refractivity contribution in [1.82, 2.24) is 5.32 Å². The predicted octanol–water partition coefficient (Wildman–Crippen LogP) is 4.39. The zero-order valence-electron chi connectivity index (χ0n) is 17.7. The Bertz CT molecular complexity index is 955. The third-order valence-electron chi connectivity index (χ3n) is 4.41. The summed E-state index contributed by atoms with van der Waals surface area (Å²) in [6, 6.07) is 10.9. The second-order valence-electron chi connectivity index (χ2n) is 8.23. The lowest BCUT2D eigenvalue weighted by molar-refractivity contribution is -0.118. The number of carbonyl (C=O) groups is 3. The van der Waals surface area contributed by atoms with Crippen LogP contribution in [0.25, 0.3) is 0 Å². The van der Waals surface area contributed by atoms with Crippen LogP contribution in [0.4, 0.5) is 9.18 Å². The molecule has 31 heavy (non-hydrogen) atoms. The number of benzene rings is 2. The Morgan fingerprint density at radius 2 is 1.77 bits per heavy atom. The van der Waals surface area contributed by atoms with Crippen LogP contribution in [0.3, 0.4) is 0 Å². The van der Waals surface area contributed by atoms with Crippen molar-refractivity contribution >= 4 is 29.4 Å². The molecule has 0 spiro atoms. The van der Waals surface area contributed by atoms with Gasteiger partial charge in [-0.25, -0.2) is 9.18 Å². The van der Waals surface area contributed by atoms with Gasteiger partial charge in [0, 0.05) is 30.3 Å². The summed E-state index contributed by atoms with van der Waals surface area (Å²) in [5, 5.41) is 3.25. The van der Waals surface area contributed by atoms with Gasteiger partial charge >= 0.3 is 6.09 Å². The van der Waals surface area contributed by atoms with Crippen molar-refractivity contribution in [2.75, 3.05) is 6.54 Å². The minimum Gasteiger partial charge on any atom is -0.444 e. The SMILES string of the molecule is CC(C)(C)OC(=O)NCC(CC(=O)Cc1ccc(C(N)=O)c(F)c1)c1ccc(Cl)cc1. The summed E-state index contributed by atoms with van der Waals surface area (Å²) in [4.78, 5) is 35.9. The van der Waals surface area contributed by atoms with Gasteiger partial charge in [0.05, 0.1) is 5.56 Å². The molecule has 8 heteroatoms. The van der Waals surface area contributed by atoms with Gasteiger partial charge in [-0.15, -0.1) is 0 Å². The van der Waals surface area contributed by atoms with Crippen LogP contribution in [0, 0.1) is 5.82 Å². The lowest BCUT2D eigenvalue weighted by Crippen LogP contribution is -2.35. The van der Waals surface area contributed by atoms with Gasteiger partial charge in [-0.3, -0.25) is 9.59 Å². The Balaban J connectivity index is 2.10. The maximum atomic E-state index is 14.0. The molecule has 0 saturated heterocycles. The van der Waals surface area contributed by atoms with Crippen molar-refractivity contribution in [2.45, 2.75) is 45.1 Å². The molecule has 0 aliphatic rings. The molecule has 0 aliphatic carbocycles. The molecule has 1 atom stereocenters. The number of rotatable bonds is 8. The summed E-state index contributed by atoms with van der Waals surface area (Å²) < 4.78 is 19.2. The summed E-state index contributed by atoms with van der Waals surface area (Å²) >= 11 is 5.95. The number of ether oxygens (including phenoxy) is 1. The first-order valence-corrected chi connectivity index (χ1v) is 10.1. The van der Waals surface area contributed by atoms with Gasteiger partial charge in [0.2, 0.25) is 0 Å². The largest absolute Gasteiger partial charge is 0.444 e. The summed E-state index contributed by atoms with van der Waals surface area (Å²) in [6.45, 7) is 5.46. The fourth-order valence-electron chi connectivity index (χ4n) is 3.01. The van der Waals surface area contributed by atoms with Crippen molar-refractivity contribution < 1.29 is 23.5 Å². The minimum atomic E-state index is -0.869. The number of nitrogens with one attached hydrogen (secondary N) is 1. The number of hydrogen-bond acceptors (Lipinski definition) is 4. The van der Waals surface area contributed by atoms with E-state index in [2.05, 4.69) is 5.32 Å².